The van der Waals surface area contributed by atoms with E-state index in [0.717, 1.165) is 28.2 Å². The third kappa shape index (κ3) is 2.23. The molecule has 0 aliphatic rings. The molecule has 1 N–H and O–H groups in total. The molecule has 0 fully saturated rings. The summed E-state index contributed by atoms with van der Waals surface area (Å²) < 4.78 is 3.15. The van der Waals surface area contributed by atoms with Gasteiger partial charge in [0.15, 0.2) is 0 Å². The van der Waals surface area contributed by atoms with Crippen LogP contribution in [0, 0.1) is 0 Å². The number of carbonyl (C=O) groups is 1. The zero-order chi connectivity index (χ0) is 14.1. The van der Waals surface area contributed by atoms with Crippen molar-refractivity contribution in [3.05, 3.63) is 28.2 Å². The Morgan fingerprint density at radius 3 is 2.95 bits per heavy atom. The Labute approximate surface area is 124 Å². The molecular weight excluding hydrogens is 292 g/mol. The first-order chi connectivity index (χ1) is 9.72. The van der Waals surface area contributed by atoms with Gasteiger partial charge in [-0.3, -0.25) is 10.1 Å². The fraction of sp³-hybridized carbons (Fsp3) is 0.308. The van der Waals surface area contributed by atoms with Gasteiger partial charge < -0.3 is 4.57 Å². The fourth-order valence-corrected chi connectivity index (χ4v) is 3.61. The Hall–Kier alpha value is -1.73. The van der Waals surface area contributed by atoms with E-state index in [0.29, 0.717) is 10.8 Å². The van der Waals surface area contributed by atoms with E-state index in [2.05, 4.69) is 15.5 Å². The highest BCUT2D eigenvalue weighted by molar-refractivity contribution is 7.17. The second-order valence-electron chi connectivity index (χ2n) is 4.25. The lowest BCUT2D eigenvalue weighted by Crippen LogP contribution is -2.16. The number of anilines is 1. The summed E-state index contributed by atoms with van der Waals surface area (Å²) in [6.07, 6.45) is 0.828. The maximum absolute atomic E-state index is 12.4. The minimum Gasteiger partial charge on any atom is -0.336 e. The summed E-state index contributed by atoms with van der Waals surface area (Å²) >= 11 is 3.06. The topological polar surface area (TPSA) is 59.8 Å². The van der Waals surface area contributed by atoms with Crippen molar-refractivity contribution in [2.24, 2.45) is 0 Å². The van der Waals surface area contributed by atoms with Crippen molar-refractivity contribution in [3.8, 4) is 0 Å². The summed E-state index contributed by atoms with van der Waals surface area (Å²) in [5, 5.41) is 14.3. The van der Waals surface area contributed by atoms with Crippen molar-refractivity contribution >= 4 is 43.9 Å². The van der Waals surface area contributed by atoms with Crippen LogP contribution in [-0.4, -0.2) is 20.7 Å². The molecule has 3 rings (SSSR count). The van der Waals surface area contributed by atoms with Crippen LogP contribution in [0.2, 0.25) is 0 Å². The van der Waals surface area contributed by atoms with Gasteiger partial charge >= 0.3 is 0 Å². The third-order valence-electron chi connectivity index (χ3n) is 3.06. The SMILES string of the molecule is CCc1nnc(NC(=O)c2cc3sccc3n2CC)s1. The Morgan fingerprint density at radius 1 is 1.40 bits per heavy atom. The number of thiophene rings is 1. The molecule has 20 heavy (non-hydrogen) atoms. The number of nitrogens with zero attached hydrogens (tertiary/aromatic N) is 3. The zero-order valence-electron chi connectivity index (χ0n) is 11.2. The van der Waals surface area contributed by atoms with Crippen LogP contribution >= 0.6 is 22.7 Å². The molecule has 5 nitrogen and oxygen atoms in total. The molecular formula is C13H14N4OS2. The molecule has 0 saturated carbocycles. The van der Waals surface area contributed by atoms with Gasteiger partial charge in [0.1, 0.15) is 10.7 Å². The van der Waals surface area contributed by atoms with Gasteiger partial charge in [-0.1, -0.05) is 18.3 Å². The van der Waals surface area contributed by atoms with Crippen molar-refractivity contribution in [2.45, 2.75) is 26.8 Å². The number of fused-ring (bicyclic) bond motifs is 1. The summed E-state index contributed by atoms with van der Waals surface area (Å²) in [6.45, 7) is 4.82. The molecule has 0 bridgehead atoms. The monoisotopic (exact) mass is 306 g/mol. The Balaban J connectivity index is 1.89. The molecule has 0 saturated heterocycles. The van der Waals surface area contributed by atoms with Crippen LogP contribution in [0.5, 0.6) is 0 Å². The number of hydrogen-bond donors (Lipinski definition) is 1. The van der Waals surface area contributed by atoms with Gasteiger partial charge in [0.05, 0.1) is 10.2 Å². The predicted molar refractivity (Wildman–Crippen MR) is 82.7 cm³/mol. The van der Waals surface area contributed by atoms with Gasteiger partial charge in [-0.05, 0) is 30.9 Å². The van der Waals surface area contributed by atoms with Gasteiger partial charge in [0.2, 0.25) is 5.13 Å². The molecule has 0 unspecified atom stereocenters. The molecule has 7 heteroatoms. The van der Waals surface area contributed by atoms with Gasteiger partial charge in [0.25, 0.3) is 5.91 Å². The third-order valence-corrected chi connectivity index (χ3v) is 4.90. The fourth-order valence-electron chi connectivity index (χ4n) is 2.11. The van der Waals surface area contributed by atoms with Crippen LogP contribution < -0.4 is 5.32 Å². The molecule has 0 radical (unpaired) electrons. The average molecular weight is 306 g/mol. The van der Waals surface area contributed by atoms with Crippen LogP contribution in [0.1, 0.15) is 29.3 Å². The van der Waals surface area contributed by atoms with Crippen molar-refractivity contribution in [1.82, 2.24) is 14.8 Å². The number of rotatable bonds is 4. The van der Waals surface area contributed by atoms with Gasteiger partial charge in [-0.25, -0.2) is 0 Å². The van der Waals surface area contributed by atoms with E-state index in [1.165, 1.54) is 11.3 Å². The van der Waals surface area contributed by atoms with E-state index < -0.39 is 0 Å². The summed E-state index contributed by atoms with van der Waals surface area (Å²) in [5.41, 5.74) is 1.77. The highest BCUT2D eigenvalue weighted by Gasteiger charge is 2.17. The van der Waals surface area contributed by atoms with E-state index in [9.17, 15) is 4.79 Å². The molecule has 3 aromatic heterocycles. The largest absolute Gasteiger partial charge is 0.336 e. The maximum Gasteiger partial charge on any atom is 0.274 e. The molecule has 104 valence electrons. The first-order valence-corrected chi connectivity index (χ1v) is 8.13. The number of carbonyl (C=O) groups excluding carboxylic acids is 1. The van der Waals surface area contributed by atoms with Crippen molar-refractivity contribution in [2.75, 3.05) is 5.32 Å². The highest BCUT2D eigenvalue weighted by Crippen LogP contribution is 2.26. The first-order valence-electron chi connectivity index (χ1n) is 6.43. The second-order valence-corrected chi connectivity index (χ2v) is 6.26. The average Bonchev–Trinajstić information content (AvgIpc) is 3.12. The molecule has 0 atom stereocenters. The smallest absolute Gasteiger partial charge is 0.274 e. The highest BCUT2D eigenvalue weighted by atomic mass is 32.1. The Bertz CT molecular complexity index is 755. The lowest BCUT2D eigenvalue weighted by atomic mass is 10.4. The van der Waals surface area contributed by atoms with Crippen LogP contribution in [0.3, 0.4) is 0 Å². The van der Waals surface area contributed by atoms with Crippen molar-refractivity contribution in [1.29, 1.82) is 0 Å². The number of amides is 1. The van der Waals surface area contributed by atoms with Gasteiger partial charge in [-0.15, -0.1) is 21.5 Å². The van der Waals surface area contributed by atoms with Crippen LogP contribution in [0.15, 0.2) is 17.5 Å². The summed E-state index contributed by atoms with van der Waals surface area (Å²) in [5.74, 6) is -0.131. The van der Waals surface area contributed by atoms with Crippen LogP contribution in [0.25, 0.3) is 10.2 Å². The quantitative estimate of drug-likeness (QED) is 0.803. The second kappa shape index (κ2) is 5.34. The van der Waals surface area contributed by atoms with E-state index in [4.69, 9.17) is 0 Å². The Kier molecular flexibility index (Phi) is 3.54. The molecule has 0 aliphatic heterocycles. The van der Waals surface area contributed by atoms with Gasteiger partial charge in [0, 0.05) is 6.54 Å². The number of aromatic nitrogens is 3. The molecule has 0 aliphatic carbocycles. The van der Waals surface area contributed by atoms with Crippen LogP contribution in [0.4, 0.5) is 5.13 Å². The normalized spacial score (nSPS) is 11.1. The van der Waals surface area contributed by atoms with Crippen molar-refractivity contribution in [3.63, 3.8) is 0 Å². The summed E-state index contributed by atoms with van der Waals surface area (Å²) in [4.78, 5) is 12.4. The predicted octanol–water partition coefficient (Wildman–Crippen LogP) is 3.39. The van der Waals surface area contributed by atoms with Crippen LogP contribution in [-0.2, 0) is 13.0 Å². The summed E-state index contributed by atoms with van der Waals surface area (Å²) in [7, 11) is 0. The maximum atomic E-state index is 12.4. The zero-order valence-corrected chi connectivity index (χ0v) is 12.8. The minimum atomic E-state index is -0.131. The Morgan fingerprint density at radius 2 is 2.25 bits per heavy atom. The molecule has 1 amide bonds. The molecule has 0 spiro atoms. The van der Waals surface area contributed by atoms with E-state index in [1.807, 2.05) is 35.9 Å². The minimum absolute atomic E-state index is 0.131. The first kappa shape index (κ1) is 13.3. The number of aryl methyl sites for hydroxylation is 2. The van der Waals surface area contributed by atoms with E-state index in [1.54, 1.807) is 11.3 Å². The molecule has 0 aromatic carbocycles. The number of hydrogen-bond acceptors (Lipinski definition) is 5. The van der Waals surface area contributed by atoms with E-state index >= 15 is 0 Å². The number of nitrogens with one attached hydrogen (secondary N) is 1. The van der Waals surface area contributed by atoms with E-state index in [-0.39, 0.29) is 5.91 Å². The summed E-state index contributed by atoms with van der Waals surface area (Å²) in [6, 6.07) is 3.97. The standard InChI is InChI=1S/C13H14N4OS2/c1-3-11-15-16-13(20-11)14-12(18)9-7-10-8(5-6-19-10)17(9)4-2/h5-7H,3-4H2,1-2H3,(H,14,16,18). The molecule has 3 aromatic rings. The molecule has 3 heterocycles. The lowest BCUT2D eigenvalue weighted by Gasteiger charge is -2.06. The van der Waals surface area contributed by atoms with Gasteiger partial charge in [-0.2, -0.15) is 0 Å². The lowest BCUT2D eigenvalue weighted by molar-refractivity contribution is 0.101. The van der Waals surface area contributed by atoms with Crippen molar-refractivity contribution < 1.29 is 4.79 Å².